The summed E-state index contributed by atoms with van der Waals surface area (Å²) in [6.45, 7) is 0. The summed E-state index contributed by atoms with van der Waals surface area (Å²) in [5.41, 5.74) is -4.31. The van der Waals surface area contributed by atoms with Crippen LogP contribution in [0.4, 0.5) is 48.3 Å². The molecule has 0 saturated carbocycles. The van der Waals surface area contributed by atoms with Crippen LogP contribution in [0.3, 0.4) is 0 Å². The summed E-state index contributed by atoms with van der Waals surface area (Å²) in [6.07, 6.45) is 0. The lowest BCUT2D eigenvalue weighted by molar-refractivity contribution is 0.381. The predicted molar refractivity (Wildman–Crippen MR) is 112 cm³/mol. The first-order valence-corrected chi connectivity index (χ1v) is 10.1. The number of hydrogen-bond acceptors (Lipinski definition) is 0. The Bertz CT molecular complexity index is 1760. The van der Waals surface area contributed by atoms with Crippen LogP contribution >= 0.6 is 0 Å². The Labute approximate surface area is 199 Å². The van der Waals surface area contributed by atoms with Crippen LogP contribution in [0, 0.1) is 64.0 Å². The second-order valence-corrected chi connectivity index (χ2v) is 7.87. The van der Waals surface area contributed by atoms with Crippen LogP contribution < -0.4 is 0 Å². The van der Waals surface area contributed by atoms with Crippen molar-refractivity contribution in [2.75, 3.05) is 0 Å². The zero-order valence-corrected chi connectivity index (χ0v) is 17.7. The van der Waals surface area contributed by atoms with Gasteiger partial charge in [0.15, 0.2) is 46.5 Å². The van der Waals surface area contributed by atoms with E-state index < -0.39 is 102 Å². The molecule has 0 nitrogen and oxygen atoms in total. The monoisotopic (exact) mass is 528 g/mol. The van der Waals surface area contributed by atoms with E-state index in [2.05, 4.69) is 0 Å². The molecule has 0 saturated heterocycles. The Morgan fingerprint density at radius 3 is 1.32 bits per heavy atom. The van der Waals surface area contributed by atoms with Gasteiger partial charge < -0.3 is 0 Å². The molecule has 0 unspecified atom stereocenters. The molecule has 0 aromatic heterocycles. The Hall–Kier alpha value is -4.15. The fraction of sp³-hybridized carbons (Fsp3) is 0. The quantitative estimate of drug-likeness (QED) is 0.0930. The molecule has 0 heterocycles. The molecule has 37 heavy (non-hydrogen) atoms. The minimum atomic E-state index is -2.55. The van der Waals surface area contributed by atoms with Crippen molar-refractivity contribution in [1.29, 1.82) is 0 Å². The molecule has 0 amide bonds. The average Bonchev–Trinajstić information content (AvgIpc) is 2.88. The molecule has 0 aliphatic carbocycles. The van der Waals surface area contributed by atoms with E-state index in [1.165, 1.54) is 12.1 Å². The highest BCUT2D eigenvalue weighted by Gasteiger charge is 2.34. The van der Waals surface area contributed by atoms with Crippen molar-refractivity contribution < 1.29 is 48.3 Å². The van der Waals surface area contributed by atoms with E-state index in [1.54, 1.807) is 0 Å². The van der Waals surface area contributed by atoms with Crippen molar-refractivity contribution in [2.24, 2.45) is 0 Å². The van der Waals surface area contributed by atoms with Gasteiger partial charge in [0.25, 0.3) is 0 Å². The summed E-state index contributed by atoms with van der Waals surface area (Å²) in [5, 5.41) is -3.64. The second-order valence-electron chi connectivity index (χ2n) is 7.87. The minimum Gasteiger partial charge on any atom is -0.207 e. The first kappa shape index (κ1) is 24.5. The molecule has 0 N–H and O–H groups in total. The molecular weight excluding hydrogens is 521 g/mol. The molecule has 0 fully saturated rings. The number of hydrogen-bond donors (Lipinski definition) is 0. The van der Waals surface area contributed by atoms with Gasteiger partial charge in [0, 0.05) is 33.5 Å². The third-order valence-corrected chi connectivity index (χ3v) is 5.89. The summed E-state index contributed by atoms with van der Waals surface area (Å²) < 4.78 is 159. The highest BCUT2D eigenvalue weighted by molar-refractivity contribution is 6.21. The van der Waals surface area contributed by atoms with Crippen LogP contribution in [-0.4, -0.2) is 0 Å². The minimum absolute atomic E-state index is 0.349. The molecule has 0 atom stereocenters. The van der Waals surface area contributed by atoms with Crippen LogP contribution in [0.15, 0.2) is 42.5 Å². The highest BCUT2D eigenvalue weighted by Crippen LogP contribution is 2.48. The largest absolute Gasteiger partial charge is 0.207 e. The van der Waals surface area contributed by atoms with Gasteiger partial charge >= 0.3 is 0 Å². The predicted octanol–water partition coefficient (Wildman–Crippen LogP) is 8.86. The third kappa shape index (κ3) is 3.36. The molecule has 0 aliphatic rings. The van der Waals surface area contributed by atoms with E-state index in [-0.39, 0.29) is 5.39 Å². The lowest BCUT2D eigenvalue weighted by Gasteiger charge is -2.20. The van der Waals surface area contributed by atoms with E-state index in [1.807, 2.05) is 0 Å². The van der Waals surface area contributed by atoms with Gasteiger partial charge in [0.05, 0.1) is 5.56 Å². The van der Waals surface area contributed by atoms with Crippen LogP contribution in [-0.2, 0) is 0 Å². The van der Waals surface area contributed by atoms with Crippen molar-refractivity contribution >= 4 is 21.5 Å². The molecular formula is C26H7F11. The summed E-state index contributed by atoms with van der Waals surface area (Å²) in [4.78, 5) is 0. The summed E-state index contributed by atoms with van der Waals surface area (Å²) in [5.74, 6) is -24.1. The number of benzene rings is 5. The number of rotatable bonds is 2. The molecule has 5 aromatic carbocycles. The first-order valence-electron chi connectivity index (χ1n) is 10.1. The zero-order chi connectivity index (χ0) is 26.9. The maximum Gasteiger partial charge on any atom is 0.200 e. The zero-order valence-electron chi connectivity index (χ0n) is 17.7. The smallest absolute Gasteiger partial charge is 0.200 e. The van der Waals surface area contributed by atoms with Gasteiger partial charge in [0.1, 0.15) is 11.6 Å². The van der Waals surface area contributed by atoms with E-state index in [0.29, 0.717) is 12.1 Å². The maximum absolute atomic E-state index is 15.3. The van der Waals surface area contributed by atoms with Gasteiger partial charge in [0.2, 0.25) is 5.82 Å². The van der Waals surface area contributed by atoms with Crippen LogP contribution in [0.25, 0.3) is 43.8 Å². The molecule has 0 spiro atoms. The van der Waals surface area contributed by atoms with Crippen LogP contribution in [0.5, 0.6) is 0 Å². The molecule has 0 aliphatic heterocycles. The highest BCUT2D eigenvalue weighted by atomic mass is 19.2. The lowest BCUT2D eigenvalue weighted by atomic mass is 9.84. The van der Waals surface area contributed by atoms with Gasteiger partial charge in [-0.2, -0.15) is 0 Å². The van der Waals surface area contributed by atoms with Gasteiger partial charge in [-0.25, -0.2) is 48.3 Å². The van der Waals surface area contributed by atoms with Crippen molar-refractivity contribution in [1.82, 2.24) is 0 Å². The summed E-state index contributed by atoms with van der Waals surface area (Å²) >= 11 is 0. The van der Waals surface area contributed by atoms with E-state index in [9.17, 15) is 39.5 Å². The van der Waals surface area contributed by atoms with Crippen LogP contribution in [0.1, 0.15) is 0 Å². The van der Waals surface area contributed by atoms with E-state index in [0.717, 1.165) is 18.2 Å². The molecule has 11 heteroatoms. The van der Waals surface area contributed by atoms with Crippen molar-refractivity contribution in [3.8, 4) is 22.3 Å². The normalized spacial score (nSPS) is 11.6. The van der Waals surface area contributed by atoms with E-state index in [4.69, 9.17) is 0 Å². The van der Waals surface area contributed by atoms with Gasteiger partial charge in [-0.15, -0.1) is 0 Å². The molecule has 5 aromatic rings. The Kier molecular flexibility index (Phi) is 5.61. The van der Waals surface area contributed by atoms with Gasteiger partial charge in [-0.3, -0.25) is 0 Å². The van der Waals surface area contributed by atoms with Gasteiger partial charge in [-0.1, -0.05) is 24.3 Å². The van der Waals surface area contributed by atoms with Crippen LogP contribution in [0.2, 0.25) is 0 Å². The van der Waals surface area contributed by atoms with E-state index >= 15 is 8.78 Å². The fourth-order valence-electron chi connectivity index (χ4n) is 4.35. The fourth-order valence-corrected chi connectivity index (χ4v) is 4.35. The average molecular weight is 528 g/mol. The standard InChI is InChI=1S/C26H7F11/c27-8-5-6-11(12(28)7-8)13-9-3-1-2-4-10(9)14(16-15(13)18(29)22(33)23(34)19(16)30)17-20(31)24(35)26(37)25(36)21(17)32/h1-7H. The lowest BCUT2D eigenvalue weighted by Crippen LogP contribution is -2.07. The maximum atomic E-state index is 15.3. The molecule has 0 radical (unpaired) electrons. The van der Waals surface area contributed by atoms with Gasteiger partial charge in [-0.05, 0) is 22.9 Å². The Morgan fingerprint density at radius 1 is 0.378 bits per heavy atom. The van der Waals surface area contributed by atoms with Crippen molar-refractivity contribution in [3.05, 3.63) is 106 Å². The summed E-state index contributed by atoms with van der Waals surface area (Å²) in [6, 6.07) is 6.28. The number of fused-ring (bicyclic) bond motifs is 2. The van der Waals surface area contributed by atoms with Crippen molar-refractivity contribution in [3.63, 3.8) is 0 Å². The second kappa shape index (κ2) is 8.46. The SMILES string of the molecule is Fc1ccc(-c2c3ccccc3c(-c3c(F)c(F)c(F)c(F)c3F)c3c(F)c(F)c(F)c(F)c23)c(F)c1. The first-order chi connectivity index (χ1) is 17.5. The molecule has 188 valence electrons. The number of halogens is 11. The Morgan fingerprint density at radius 2 is 0.811 bits per heavy atom. The molecule has 5 rings (SSSR count). The Balaban J connectivity index is 2.18. The third-order valence-electron chi connectivity index (χ3n) is 5.89. The summed E-state index contributed by atoms with van der Waals surface area (Å²) in [7, 11) is 0. The topological polar surface area (TPSA) is 0 Å². The van der Waals surface area contributed by atoms with Crippen molar-refractivity contribution in [2.45, 2.75) is 0 Å². The molecule has 0 bridgehead atoms.